The number of rotatable bonds is 6. The largest absolute Gasteiger partial charge is 0.379 e. The topological polar surface area (TPSA) is 24.5 Å². The first kappa shape index (κ1) is 16.1. The zero-order valence-corrected chi connectivity index (χ0v) is 14.9. The maximum absolute atomic E-state index is 5.50. The molecule has 1 unspecified atom stereocenters. The summed E-state index contributed by atoms with van der Waals surface area (Å²) in [5.41, 5.74) is 1.38. The van der Waals surface area contributed by atoms with Crippen LogP contribution in [0.4, 0.5) is 0 Å². The molecule has 3 rings (SSSR count). The summed E-state index contributed by atoms with van der Waals surface area (Å²) in [4.78, 5) is 3.89. The van der Waals surface area contributed by atoms with E-state index in [1.54, 1.807) is 11.3 Å². The van der Waals surface area contributed by atoms with Crippen LogP contribution in [0.2, 0.25) is 0 Å². The fraction of sp³-hybridized carbons (Fsp3) is 0.412. The van der Waals surface area contributed by atoms with Crippen molar-refractivity contribution in [1.29, 1.82) is 0 Å². The number of nitrogens with zero attached hydrogens (tertiary/aromatic N) is 1. The van der Waals surface area contributed by atoms with E-state index in [4.69, 9.17) is 4.74 Å². The summed E-state index contributed by atoms with van der Waals surface area (Å²) in [5.74, 6) is 0. The van der Waals surface area contributed by atoms with Crippen LogP contribution in [0.15, 0.2) is 46.3 Å². The third-order valence-electron chi connectivity index (χ3n) is 3.93. The van der Waals surface area contributed by atoms with Crippen LogP contribution in [-0.2, 0) is 11.3 Å². The van der Waals surface area contributed by atoms with Crippen molar-refractivity contribution in [2.45, 2.75) is 12.6 Å². The van der Waals surface area contributed by atoms with Crippen LogP contribution in [0, 0.1) is 0 Å². The molecule has 1 aromatic carbocycles. The van der Waals surface area contributed by atoms with E-state index >= 15 is 0 Å². The average Bonchev–Trinajstić information content (AvgIpc) is 2.99. The molecule has 2 aromatic rings. The summed E-state index contributed by atoms with van der Waals surface area (Å²) in [6.45, 7) is 5.56. The maximum Gasteiger partial charge on any atom is 0.0594 e. The monoisotopic (exact) mass is 380 g/mol. The van der Waals surface area contributed by atoms with Crippen LogP contribution in [0.1, 0.15) is 16.5 Å². The third kappa shape index (κ3) is 4.40. The molecule has 1 aliphatic rings. The Morgan fingerprint density at radius 2 is 2.00 bits per heavy atom. The van der Waals surface area contributed by atoms with E-state index in [1.165, 1.54) is 14.9 Å². The molecule has 22 heavy (non-hydrogen) atoms. The summed E-state index contributed by atoms with van der Waals surface area (Å²) in [6.07, 6.45) is 0. The minimum Gasteiger partial charge on any atom is -0.379 e. The highest BCUT2D eigenvalue weighted by Crippen LogP contribution is 2.22. The van der Waals surface area contributed by atoms with Crippen molar-refractivity contribution in [3.8, 4) is 0 Å². The van der Waals surface area contributed by atoms with E-state index in [2.05, 4.69) is 67.9 Å². The molecule has 0 saturated carbocycles. The second-order valence-corrected chi connectivity index (χ2v) is 7.35. The number of hydrogen-bond donors (Lipinski definition) is 1. The second kappa shape index (κ2) is 8.22. The quantitative estimate of drug-likeness (QED) is 0.826. The SMILES string of the molecule is Brc1csc(CNCC(c2ccccc2)N2CCOCC2)c1. The fourth-order valence-corrected chi connectivity index (χ4v) is 4.22. The van der Waals surface area contributed by atoms with Gasteiger partial charge in [0.25, 0.3) is 0 Å². The van der Waals surface area contributed by atoms with Crippen LogP contribution >= 0.6 is 27.3 Å². The lowest BCUT2D eigenvalue weighted by Crippen LogP contribution is -2.42. The molecule has 1 aliphatic heterocycles. The highest BCUT2D eigenvalue weighted by Gasteiger charge is 2.22. The van der Waals surface area contributed by atoms with E-state index in [1.807, 2.05) is 0 Å². The summed E-state index contributed by atoms with van der Waals surface area (Å²) in [6, 6.07) is 13.4. The molecular formula is C17H21BrN2OS. The van der Waals surface area contributed by atoms with Gasteiger partial charge in [0.2, 0.25) is 0 Å². The first-order chi connectivity index (χ1) is 10.8. The van der Waals surface area contributed by atoms with Gasteiger partial charge in [-0.3, -0.25) is 4.90 Å². The Kier molecular flexibility index (Phi) is 6.04. The maximum atomic E-state index is 5.50. The van der Waals surface area contributed by atoms with Crippen LogP contribution in [-0.4, -0.2) is 37.7 Å². The standard InChI is InChI=1S/C17H21BrN2OS/c18-15-10-16(22-13-15)11-19-12-17(14-4-2-1-3-5-14)20-6-8-21-9-7-20/h1-5,10,13,17,19H,6-9,11-12H2. The van der Waals surface area contributed by atoms with Gasteiger partial charge in [-0.2, -0.15) is 0 Å². The Bertz CT molecular complexity index is 569. The number of thiophene rings is 1. The Morgan fingerprint density at radius 3 is 2.68 bits per heavy atom. The van der Waals surface area contributed by atoms with Gasteiger partial charge >= 0.3 is 0 Å². The predicted molar refractivity (Wildman–Crippen MR) is 95.3 cm³/mol. The zero-order chi connectivity index (χ0) is 15.2. The summed E-state index contributed by atoms with van der Waals surface area (Å²) in [5, 5.41) is 5.75. The number of morpholine rings is 1. The number of hydrogen-bond acceptors (Lipinski definition) is 4. The molecule has 0 bridgehead atoms. The van der Waals surface area contributed by atoms with Gasteiger partial charge < -0.3 is 10.1 Å². The van der Waals surface area contributed by atoms with Gasteiger partial charge in [-0.15, -0.1) is 11.3 Å². The van der Waals surface area contributed by atoms with Gasteiger partial charge in [-0.05, 0) is 27.6 Å². The minimum absolute atomic E-state index is 0.411. The first-order valence-corrected chi connectivity index (χ1v) is 9.30. The normalized spacial score (nSPS) is 17.5. The average molecular weight is 381 g/mol. The van der Waals surface area contributed by atoms with Crippen molar-refractivity contribution in [1.82, 2.24) is 10.2 Å². The lowest BCUT2D eigenvalue weighted by molar-refractivity contribution is 0.0161. The number of halogens is 1. The molecule has 1 saturated heterocycles. The van der Waals surface area contributed by atoms with Gasteiger partial charge in [-0.1, -0.05) is 30.3 Å². The van der Waals surface area contributed by atoms with Crippen molar-refractivity contribution >= 4 is 27.3 Å². The molecule has 1 fully saturated rings. The Hall–Kier alpha value is -0.720. The van der Waals surface area contributed by atoms with E-state index in [0.29, 0.717) is 6.04 Å². The van der Waals surface area contributed by atoms with E-state index in [0.717, 1.165) is 39.4 Å². The molecule has 0 amide bonds. The molecular weight excluding hydrogens is 360 g/mol. The van der Waals surface area contributed by atoms with Crippen molar-refractivity contribution in [3.05, 3.63) is 56.7 Å². The zero-order valence-electron chi connectivity index (χ0n) is 12.5. The second-order valence-electron chi connectivity index (χ2n) is 5.44. The van der Waals surface area contributed by atoms with Crippen LogP contribution < -0.4 is 5.32 Å². The lowest BCUT2D eigenvalue weighted by atomic mass is 10.0. The molecule has 118 valence electrons. The minimum atomic E-state index is 0.411. The van der Waals surface area contributed by atoms with Crippen LogP contribution in [0.5, 0.6) is 0 Å². The van der Waals surface area contributed by atoms with Gasteiger partial charge in [0.15, 0.2) is 0 Å². The summed E-state index contributed by atoms with van der Waals surface area (Å²) < 4.78 is 6.67. The molecule has 0 spiro atoms. The lowest BCUT2D eigenvalue weighted by Gasteiger charge is -2.35. The summed E-state index contributed by atoms with van der Waals surface area (Å²) >= 11 is 5.30. The van der Waals surface area contributed by atoms with Gasteiger partial charge in [0, 0.05) is 47.0 Å². The van der Waals surface area contributed by atoms with Gasteiger partial charge in [0.05, 0.1) is 13.2 Å². The predicted octanol–water partition coefficient (Wildman–Crippen LogP) is 3.67. The molecule has 1 aromatic heterocycles. The Labute approximate surface area is 144 Å². The smallest absolute Gasteiger partial charge is 0.0594 e. The molecule has 2 heterocycles. The van der Waals surface area contributed by atoms with Crippen molar-refractivity contribution in [3.63, 3.8) is 0 Å². The van der Waals surface area contributed by atoms with Crippen molar-refractivity contribution in [2.24, 2.45) is 0 Å². The van der Waals surface area contributed by atoms with E-state index in [-0.39, 0.29) is 0 Å². The summed E-state index contributed by atoms with van der Waals surface area (Å²) in [7, 11) is 0. The molecule has 5 heteroatoms. The molecule has 3 nitrogen and oxygen atoms in total. The number of benzene rings is 1. The van der Waals surface area contributed by atoms with E-state index < -0.39 is 0 Å². The number of nitrogens with one attached hydrogen (secondary N) is 1. The first-order valence-electron chi connectivity index (χ1n) is 7.63. The van der Waals surface area contributed by atoms with E-state index in [9.17, 15) is 0 Å². The molecule has 1 atom stereocenters. The Morgan fingerprint density at radius 1 is 1.23 bits per heavy atom. The highest BCUT2D eigenvalue weighted by molar-refractivity contribution is 9.10. The molecule has 1 N–H and O–H groups in total. The molecule has 0 aliphatic carbocycles. The van der Waals surface area contributed by atoms with Crippen LogP contribution in [0.3, 0.4) is 0 Å². The van der Waals surface area contributed by atoms with Gasteiger partial charge in [-0.25, -0.2) is 0 Å². The van der Waals surface area contributed by atoms with Gasteiger partial charge in [0.1, 0.15) is 0 Å². The van der Waals surface area contributed by atoms with Crippen molar-refractivity contribution in [2.75, 3.05) is 32.8 Å². The molecule has 0 radical (unpaired) electrons. The van der Waals surface area contributed by atoms with Crippen LogP contribution in [0.25, 0.3) is 0 Å². The number of ether oxygens (including phenoxy) is 1. The highest BCUT2D eigenvalue weighted by atomic mass is 79.9. The van der Waals surface area contributed by atoms with Crippen molar-refractivity contribution < 1.29 is 4.74 Å². The third-order valence-corrected chi connectivity index (χ3v) is 5.63. The Balaban J connectivity index is 1.63. The fourth-order valence-electron chi connectivity index (χ4n) is 2.80.